The van der Waals surface area contributed by atoms with Crippen LogP contribution in [-0.2, 0) is 7.05 Å². The Morgan fingerprint density at radius 2 is 2.20 bits per heavy atom. The molecule has 0 spiro atoms. The molecule has 78 valence electrons. The number of aromatic nitrogens is 4. The van der Waals surface area contributed by atoms with Crippen molar-refractivity contribution in [2.24, 2.45) is 7.05 Å². The first-order chi connectivity index (χ1) is 7.16. The van der Waals surface area contributed by atoms with Crippen LogP contribution in [0.5, 0.6) is 0 Å². The van der Waals surface area contributed by atoms with Crippen molar-refractivity contribution in [3.8, 4) is 0 Å². The molecule has 0 unspecified atom stereocenters. The van der Waals surface area contributed by atoms with Gasteiger partial charge in [-0.2, -0.15) is 5.10 Å². The molecule has 2 heterocycles. The predicted octanol–water partition coefficient (Wildman–Crippen LogP) is 1.25. The number of pyridine rings is 1. The van der Waals surface area contributed by atoms with Crippen LogP contribution in [0.15, 0.2) is 28.8 Å². The molecule has 0 aliphatic heterocycles. The Morgan fingerprint density at radius 1 is 1.40 bits per heavy atom. The van der Waals surface area contributed by atoms with Gasteiger partial charge in [0, 0.05) is 13.2 Å². The molecule has 0 aliphatic carbocycles. The summed E-state index contributed by atoms with van der Waals surface area (Å²) in [6.45, 7) is 1.96. The molecular formula is C9H11N5S. The fourth-order valence-corrected chi connectivity index (χ4v) is 1.86. The van der Waals surface area contributed by atoms with Gasteiger partial charge in [-0.05, 0) is 30.3 Å². The maximum absolute atomic E-state index is 5.85. The van der Waals surface area contributed by atoms with Gasteiger partial charge < -0.3 is 5.73 Å². The summed E-state index contributed by atoms with van der Waals surface area (Å²) in [6, 6.07) is 1.89. The first-order valence-corrected chi connectivity index (χ1v) is 5.22. The lowest BCUT2D eigenvalue weighted by Gasteiger charge is -2.03. The monoisotopic (exact) mass is 221 g/mol. The molecule has 0 radical (unpaired) electrons. The van der Waals surface area contributed by atoms with Gasteiger partial charge in [-0.25, -0.2) is 14.6 Å². The Morgan fingerprint density at radius 3 is 2.80 bits per heavy atom. The van der Waals surface area contributed by atoms with Gasteiger partial charge in [0.2, 0.25) is 0 Å². The Hall–Kier alpha value is -1.56. The largest absolute Gasteiger partial charge is 0.397 e. The number of nitrogens with two attached hydrogens (primary N) is 1. The average molecular weight is 221 g/mol. The number of anilines is 1. The molecule has 2 N–H and O–H groups in total. The molecular weight excluding hydrogens is 210 g/mol. The zero-order valence-electron chi connectivity index (χ0n) is 8.51. The minimum atomic E-state index is 0.669. The Labute approximate surface area is 91.7 Å². The Bertz CT molecular complexity index is 479. The zero-order chi connectivity index (χ0) is 10.8. The Kier molecular flexibility index (Phi) is 2.59. The lowest BCUT2D eigenvalue weighted by atomic mass is 10.3. The summed E-state index contributed by atoms with van der Waals surface area (Å²) in [5, 5.41) is 5.51. The van der Waals surface area contributed by atoms with Crippen molar-refractivity contribution in [1.29, 1.82) is 0 Å². The van der Waals surface area contributed by atoms with Crippen LogP contribution in [0.1, 0.15) is 5.56 Å². The zero-order valence-corrected chi connectivity index (χ0v) is 9.32. The van der Waals surface area contributed by atoms with E-state index >= 15 is 0 Å². The van der Waals surface area contributed by atoms with Crippen molar-refractivity contribution in [3.63, 3.8) is 0 Å². The van der Waals surface area contributed by atoms with E-state index in [1.54, 1.807) is 10.9 Å². The first-order valence-electron chi connectivity index (χ1n) is 4.41. The fraction of sp³-hybridized carbons (Fsp3) is 0.222. The smallest absolute Gasteiger partial charge is 0.192 e. The number of hydrogen-bond donors (Lipinski definition) is 1. The summed E-state index contributed by atoms with van der Waals surface area (Å²) >= 11 is 1.41. The van der Waals surface area contributed by atoms with E-state index in [2.05, 4.69) is 15.1 Å². The van der Waals surface area contributed by atoms with Gasteiger partial charge in [-0.1, -0.05) is 0 Å². The molecule has 6 heteroatoms. The molecule has 0 saturated carbocycles. The third-order valence-corrected chi connectivity index (χ3v) is 2.96. The molecule has 0 bridgehead atoms. The van der Waals surface area contributed by atoms with Gasteiger partial charge >= 0.3 is 0 Å². The topological polar surface area (TPSA) is 69.6 Å². The van der Waals surface area contributed by atoms with Crippen molar-refractivity contribution in [1.82, 2.24) is 19.7 Å². The van der Waals surface area contributed by atoms with Gasteiger partial charge in [0.15, 0.2) is 5.16 Å². The van der Waals surface area contributed by atoms with E-state index in [-0.39, 0.29) is 0 Å². The number of aryl methyl sites for hydroxylation is 2. The second-order valence-corrected chi connectivity index (χ2v) is 4.13. The van der Waals surface area contributed by atoms with Crippen molar-refractivity contribution in [2.45, 2.75) is 17.1 Å². The molecule has 2 aromatic heterocycles. The number of hydrogen-bond acceptors (Lipinski definition) is 5. The molecule has 2 aromatic rings. The summed E-state index contributed by atoms with van der Waals surface area (Å²) < 4.78 is 1.69. The fourth-order valence-electron chi connectivity index (χ4n) is 1.13. The molecule has 0 fully saturated rings. The van der Waals surface area contributed by atoms with Crippen molar-refractivity contribution in [2.75, 3.05) is 5.73 Å². The number of rotatable bonds is 2. The molecule has 0 aliphatic rings. The molecule has 0 saturated heterocycles. The molecule has 0 aromatic carbocycles. The maximum Gasteiger partial charge on any atom is 0.192 e. The highest BCUT2D eigenvalue weighted by Gasteiger charge is 2.07. The quantitative estimate of drug-likeness (QED) is 0.826. The maximum atomic E-state index is 5.85. The summed E-state index contributed by atoms with van der Waals surface area (Å²) in [6.07, 6.45) is 3.29. The van der Waals surface area contributed by atoms with Gasteiger partial charge in [0.25, 0.3) is 0 Å². The van der Waals surface area contributed by atoms with E-state index in [1.807, 2.05) is 20.0 Å². The minimum Gasteiger partial charge on any atom is -0.397 e. The highest BCUT2D eigenvalue weighted by atomic mass is 32.2. The van der Waals surface area contributed by atoms with E-state index in [1.165, 1.54) is 18.1 Å². The van der Waals surface area contributed by atoms with Crippen molar-refractivity contribution >= 4 is 17.4 Å². The van der Waals surface area contributed by atoms with Gasteiger partial charge in [0.05, 0.1) is 5.69 Å². The highest BCUT2D eigenvalue weighted by molar-refractivity contribution is 7.99. The molecule has 15 heavy (non-hydrogen) atoms. The summed E-state index contributed by atoms with van der Waals surface area (Å²) in [5.74, 6) is 0. The van der Waals surface area contributed by atoms with E-state index < -0.39 is 0 Å². The predicted molar refractivity (Wildman–Crippen MR) is 58.5 cm³/mol. The van der Waals surface area contributed by atoms with Crippen LogP contribution in [-0.4, -0.2) is 19.7 Å². The molecule has 0 atom stereocenters. The van der Waals surface area contributed by atoms with Gasteiger partial charge in [0.1, 0.15) is 11.4 Å². The SMILES string of the molecule is Cc1cnc(Sc2ncnn2C)c(N)c1. The van der Waals surface area contributed by atoms with Crippen LogP contribution in [0.3, 0.4) is 0 Å². The van der Waals surface area contributed by atoms with E-state index in [4.69, 9.17) is 5.73 Å². The van der Waals surface area contributed by atoms with Crippen LogP contribution in [0, 0.1) is 6.92 Å². The van der Waals surface area contributed by atoms with E-state index in [0.717, 1.165) is 15.7 Å². The van der Waals surface area contributed by atoms with Crippen LogP contribution in [0.2, 0.25) is 0 Å². The van der Waals surface area contributed by atoms with Gasteiger partial charge in [-0.3, -0.25) is 0 Å². The van der Waals surface area contributed by atoms with Crippen LogP contribution >= 0.6 is 11.8 Å². The van der Waals surface area contributed by atoms with Crippen LogP contribution < -0.4 is 5.73 Å². The van der Waals surface area contributed by atoms with Crippen LogP contribution in [0.25, 0.3) is 0 Å². The standard InChI is InChI=1S/C9H11N5S/c1-6-3-7(10)8(11-4-6)15-9-12-5-13-14(9)2/h3-5H,10H2,1-2H3. The second-order valence-electron chi connectivity index (χ2n) is 3.18. The average Bonchev–Trinajstić information content (AvgIpc) is 2.57. The number of nitrogen functional groups attached to an aromatic ring is 1. The summed E-state index contributed by atoms with van der Waals surface area (Å²) in [5.41, 5.74) is 7.57. The number of nitrogens with zero attached hydrogens (tertiary/aromatic N) is 4. The lowest BCUT2D eigenvalue weighted by molar-refractivity contribution is 0.684. The minimum absolute atomic E-state index is 0.669. The van der Waals surface area contributed by atoms with Crippen molar-refractivity contribution < 1.29 is 0 Å². The van der Waals surface area contributed by atoms with Crippen molar-refractivity contribution in [3.05, 3.63) is 24.2 Å². The Balaban J connectivity index is 2.29. The van der Waals surface area contributed by atoms with Crippen LogP contribution in [0.4, 0.5) is 5.69 Å². The first kappa shape index (κ1) is 9.97. The highest BCUT2D eigenvalue weighted by Crippen LogP contribution is 2.28. The third kappa shape index (κ3) is 2.10. The third-order valence-electron chi connectivity index (χ3n) is 1.87. The molecule has 2 rings (SSSR count). The normalized spacial score (nSPS) is 10.5. The van der Waals surface area contributed by atoms with Gasteiger partial charge in [-0.15, -0.1) is 0 Å². The molecule has 0 amide bonds. The second kappa shape index (κ2) is 3.90. The van der Waals surface area contributed by atoms with E-state index in [0.29, 0.717) is 5.69 Å². The summed E-state index contributed by atoms with van der Waals surface area (Å²) in [4.78, 5) is 8.34. The van der Waals surface area contributed by atoms with E-state index in [9.17, 15) is 0 Å². The molecule has 5 nitrogen and oxygen atoms in total. The summed E-state index contributed by atoms with van der Waals surface area (Å²) in [7, 11) is 1.83. The lowest BCUT2D eigenvalue weighted by Crippen LogP contribution is -1.96.